The Morgan fingerprint density at radius 3 is 2.38 bits per heavy atom. The van der Waals surface area contributed by atoms with Crippen molar-refractivity contribution in [3.8, 4) is 28.6 Å². The molecule has 2 aliphatic rings. The molecule has 1 N–H and O–H groups in total. The average Bonchev–Trinajstić information content (AvgIpc) is 3.59. The summed E-state index contributed by atoms with van der Waals surface area (Å²) in [5.74, 6) is 1.79. The highest BCUT2D eigenvalue weighted by Gasteiger charge is 2.27. The van der Waals surface area contributed by atoms with E-state index in [-0.39, 0.29) is 6.09 Å². The summed E-state index contributed by atoms with van der Waals surface area (Å²) in [5, 5.41) is 9.82. The number of aromatic nitrogens is 3. The number of rotatable bonds is 4. The number of pyridine rings is 2. The zero-order valence-corrected chi connectivity index (χ0v) is 21.7. The van der Waals surface area contributed by atoms with Crippen molar-refractivity contribution >= 4 is 17.7 Å². The Morgan fingerprint density at radius 2 is 1.73 bits per heavy atom. The number of aromatic amines is 1. The molecule has 0 saturated carbocycles. The fourth-order valence-electron chi connectivity index (χ4n) is 4.80. The van der Waals surface area contributed by atoms with Crippen molar-refractivity contribution in [2.24, 2.45) is 0 Å². The van der Waals surface area contributed by atoms with Gasteiger partial charge in [-0.25, -0.2) is 9.78 Å². The lowest BCUT2D eigenvalue weighted by atomic mass is 10.1. The van der Waals surface area contributed by atoms with Crippen LogP contribution in [0.3, 0.4) is 0 Å². The number of amides is 1. The first-order valence-corrected chi connectivity index (χ1v) is 12.8. The molecule has 37 heavy (non-hydrogen) atoms. The lowest BCUT2D eigenvalue weighted by Crippen LogP contribution is -2.50. The number of carbonyl (C=O) groups excluding carboxylic acids is 1. The lowest BCUT2D eigenvalue weighted by molar-refractivity contribution is 0.0240. The SMILES string of the molecule is CC(C)(C)OC(=O)N1CCN(c2[nH]c(-c3ccnc(-c4ccc(N5CCCC5)nc4)c3)cc2C#N)CC1. The van der Waals surface area contributed by atoms with Crippen molar-refractivity contribution in [2.45, 2.75) is 39.2 Å². The van der Waals surface area contributed by atoms with Crippen LogP contribution in [-0.2, 0) is 4.74 Å². The summed E-state index contributed by atoms with van der Waals surface area (Å²) in [6, 6.07) is 12.3. The Labute approximate surface area is 217 Å². The van der Waals surface area contributed by atoms with Crippen molar-refractivity contribution < 1.29 is 9.53 Å². The summed E-state index contributed by atoms with van der Waals surface area (Å²) in [6.45, 7) is 10.0. The third kappa shape index (κ3) is 5.53. The Bertz CT molecular complexity index is 1290. The van der Waals surface area contributed by atoms with Crippen LogP contribution in [0.25, 0.3) is 22.5 Å². The quantitative estimate of drug-likeness (QED) is 0.557. The molecular weight excluding hydrogens is 466 g/mol. The van der Waals surface area contributed by atoms with Gasteiger partial charge in [0.05, 0.1) is 11.3 Å². The first-order valence-electron chi connectivity index (χ1n) is 12.8. The number of nitrogens with one attached hydrogen (secondary N) is 1. The molecule has 0 unspecified atom stereocenters. The monoisotopic (exact) mass is 499 g/mol. The van der Waals surface area contributed by atoms with Gasteiger partial charge in [0.1, 0.15) is 23.3 Å². The highest BCUT2D eigenvalue weighted by atomic mass is 16.6. The molecule has 1 amide bonds. The van der Waals surface area contributed by atoms with Crippen molar-refractivity contribution in [1.82, 2.24) is 19.9 Å². The van der Waals surface area contributed by atoms with Gasteiger partial charge in [0.25, 0.3) is 0 Å². The normalized spacial score (nSPS) is 16.1. The largest absolute Gasteiger partial charge is 0.444 e. The smallest absolute Gasteiger partial charge is 0.410 e. The number of nitriles is 1. The van der Waals surface area contributed by atoms with E-state index in [9.17, 15) is 10.1 Å². The molecule has 5 heterocycles. The summed E-state index contributed by atoms with van der Waals surface area (Å²) in [4.78, 5) is 31.2. The third-order valence-electron chi connectivity index (χ3n) is 6.71. The topological polar surface area (TPSA) is 101 Å². The van der Waals surface area contributed by atoms with E-state index in [0.717, 1.165) is 47.2 Å². The molecular formula is C28H33N7O2. The molecule has 0 spiro atoms. The number of nitrogens with zero attached hydrogens (tertiary/aromatic N) is 6. The number of carbonyl (C=O) groups is 1. The third-order valence-corrected chi connectivity index (χ3v) is 6.71. The van der Waals surface area contributed by atoms with Crippen LogP contribution in [-0.4, -0.2) is 70.8 Å². The summed E-state index contributed by atoms with van der Waals surface area (Å²) < 4.78 is 5.50. The van der Waals surface area contributed by atoms with Gasteiger partial charge in [-0.15, -0.1) is 0 Å². The zero-order valence-electron chi connectivity index (χ0n) is 21.7. The Balaban J connectivity index is 1.31. The molecule has 5 rings (SSSR count). The van der Waals surface area contributed by atoms with Crippen molar-refractivity contribution in [3.63, 3.8) is 0 Å². The first kappa shape index (κ1) is 24.6. The first-order chi connectivity index (χ1) is 17.8. The summed E-state index contributed by atoms with van der Waals surface area (Å²) in [7, 11) is 0. The molecule has 0 atom stereocenters. The molecule has 9 nitrogen and oxygen atoms in total. The second-order valence-electron chi connectivity index (χ2n) is 10.5. The maximum absolute atomic E-state index is 12.4. The fraction of sp³-hybridized carbons (Fsp3) is 0.429. The van der Waals surface area contributed by atoms with Gasteiger partial charge in [-0.3, -0.25) is 4.98 Å². The molecule has 2 aliphatic heterocycles. The molecule has 2 saturated heterocycles. The molecule has 9 heteroatoms. The predicted molar refractivity (Wildman–Crippen MR) is 143 cm³/mol. The van der Waals surface area contributed by atoms with Gasteiger partial charge in [0.2, 0.25) is 0 Å². The Morgan fingerprint density at radius 1 is 0.973 bits per heavy atom. The molecule has 0 radical (unpaired) electrons. The van der Waals surface area contributed by atoms with Crippen LogP contribution in [0.15, 0.2) is 42.7 Å². The van der Waals surface area contributed by atoms with Crippen LogP contribution in [0.5, 0.6) is 0 Å². The van der Waals surface area contributed by atoms with Gasteiger partial charge in [0, 0.05) is 68.5 Å². The van der Waals surface area contributed by atoms with E-state index >= 15 is 0 Å². The number of H-pyrrole nitrogens is 1. The predicted octanol–water partition coefficient (Wildman–Crippen LogP) is 4.67. The van der Waals surface area contributed by atoms with E-state index in [0.29, 0.717) is 31.7 Å². The standard InChI is InChI=1S/C28H33N7O2/c1-28(2,3)37-27(36)35-14-12-34(13-15-35)26-22(18-29)17-24(32-26)20-8-9-30-23(16-20)21-6-7-25(31-19-21)33-10-4-5-11-33/h6-9,16-17,19,32H,4-5,10-15H2,1-3H3. The zero-order chi connectivity index (χ0) is 26.0. The van der Waals surface area contributed by atoms with Crippen molar-refractivity contribution in [2.75, 3.05) is 49.1 Å². The number of anilines is 2. The van der Waals surface area contributed by atoms with Crippen LogP contribution in [0.4, 0.5) is 16.4 Å². The van der Waals surface area contributed by atoms with Crippen LogP contribution in [0, 0.1) is 11.3 Å². The van der Waals surface area contributed by atoms with E-state index in [2.05, 4.69) is 43.0 Å². The van der Waals surface area contributed by atoms with E-state index in [1.165, 1.54) is 12.8 Å². The van der Waals surface area contributed by atoms with Crippen molar-refractivity contribution in [3.05, 3.63) is 48.3 Å². The van der Waals surface area contributed by atoms with Gasteiger partial charge in [0.15, 0.2) is 0 Å². The number of hydrogen-bond donors (Lipinski definition) is 1. The van der Waals surface area contributed by atoms with Crippen LogP contribution >= 0.6 is 0 Å². The highest BCUT2D eigenvalue weighted by Crippen LogP contribution is 2.30. The van der Waals surface area contributed by atoms with E-state index in [4.69, 9.17) is 4.74 Å². The maximum atomic E-state index is 12.4. The van der Waals surface area contributed by atoms with Gasteiger partial charge >= 0.3 is 6.09 Å². The number of hydrogen-bond acceptors (Lipinski definition) is 7. The molecule has 0 aromatic carbocycles. The lowest BCUT2D eigenvalue weighted by Gasteiger charge is -2.36. The van der Waals surface area contributed by atoms with Crippen molar-refractivity contribution in [1.29, 1.82) is 5.26 Å². The van der Waals surface area contributed by atoms with Gasteiger partial charge < -0.3 is 24.4 Å². The van der Waals surface area contributed by atoms with E-state index < -0.39 is 5.60 Å². The van der Waals surface area contributed by atoms with Crippen LogP contribution < -0.4 is 9.80 Å². The van der Waals surface area contributed by atoms with Gasteiger partial charge in [-0.05, 0) is 63.9 Å². The minimum absolute atomic E-state index is 0.299. The molecule has 192 valence electrons. The highest BCUT2D eigenvalue weighted by molar-refractivity contribution is 5.73. The van der Waals surface area contributed by atoms with Crippen LogP contribution in [0.1, 0.15) is 39.2 Å². The number of ether oxygens (including phenoxy) is 1. The summed E-state index contributed by atoms with van der Waals surface area (Å²) in [5.41, 5.74) is 3.64. The van der Waals surface area contributed by atoms with Gasteiger partial charge in [-0.2, -0.15) is 5.26 Å². The second kappa shape index (κ2) is 10.1. The van der Waals surface area contributed by atoms with E-state index in [1.54, 1.807) is 11.1 Å². The summed E-state index contributed by atoms with van der Waals surface area (Å²) >= 11 is 0. The van der Waals surface area contributed by atoms with E-state index in [1.807, 2.05) is 45.2 Å². The fourth-order valence-corrected chi connectivity index (χ4v) is 4.80. The Hall–Kier alpha value is -4.06. The Kier molecular flexibility index (Phi) is 6.74. The maximum Gasteiger partial charge on any atom is 0.410 e. The summed E-state index contributed by atoms with van der Waals surface area (Å²) in [6.07, 6.45) is 5.80. The molecule has 0 bridgehead atoms. The van der Waals surface area contributed by atoms with Crippen LogP contribution in [0.2, 0.25) is 0 Å². The second-order valence-corrected chi connectivity index (χ2v) is 10.5. The average molecular weight is 500 g/mol. The van der Waals surface area contributed by atoms with Gasteiger partial charge in [-0.1, -0.05) is 0 Å². The number of piperazine rings is 1. The molecule has 3 aromatic heterocycles. The minimum atomic E-state index is -0.522. The molecule has 2 fully saturated rings. The molecule has 3 aromatic rings. The minimum Gasteiger partial charge on any atom is -0.444 e. The molecule has 0 aliphatic carbocycles.